The lowest BCUT2D eigenvalue weighted by Gasteiger charge is -2.24. The molecule has 0 saturated heterocycles. The number of amides is 2. The second-order valence-corrected chi connectivity index (χ2v) is 5.42. The minimum absolute atomic E-state index is 0.149. The van der Waals surface area contributed by atoms with Crippen LogP contribution in [0.15, 0.2) is 18.2 Å². The highest BCUT2D eigenvalue weighted by atomic mass is 19.4. The van der Waals surface area contributed by atoms with Gasteiger partial charge in [0, 0.05) is 17.9 Å². The minimum atomic E-state index is -4.68. The number of nitrogens with two attached hydrogens (primary N) is 1. The number of urea groups is 1. The van der Waals surface area contributed by atoms with E-state index in [0.29, 0.717) is 12.0 Å². The van der Waals surface area contributed by atoms with Gasteiger partial charge in [-0.15, -0.1) is 0 Å². The molecule has 0 bridgehead atoms. The number of carboxylic acid groups (broad SMARTS) is 1. The molecule has 0 aliphatic heterocycles. The molecular formula is C16H21F3N2O4. The maximum Gasteiger partial charge on any atom is 0.418 e. The molecule has 0 saturated carbocycles. The summed E-state index contributed by atoms with van der Waals surface area (Å²) in [4.78, 5) is 22.1. The van der Waals surface area contributed by atoms with E-state index in [1.165, 1.54) is 25.1 Å². The first kappa shape index (κ1) is 20.8. The third-order valence-corrected chi connectivity index (χ3v) is 3.63. The first-order chi connectivity index (χ1) is 11.6. The number of nitrogens with one attached hydrogen (secondary N) is 1. The summed E-state index contributed by atoms with van der Waals surface area (Å²) < 4.78 is 44.6. The highest BCUT2D eigenvalue weighted by Gasteiger charge is 2.43. The Morgan fingerprint density at radius 3 is 2.40 bits per heavy atom. The van der Waals surface area contributed by atoms with Gasteiger partial charge in [0.15, 0.2) is 6.10 Å². The first-order valence-electron chi connectivity index (χ1n) is 7.70. The van der Waals surface area contributed by atoms with Gasteiger partial charge in [0.05, 0.1) is 6.42 Å². The molecule has 0 unspecified atom stereocenters. The number of halogens is 3. The van der Waals surface area contributed by atoms with Crippen LogP contribution in [0, 0.1) is 0 Å². The molecule has 0 fully saturated rings. The number of carboxylic acids is 1. The lowest BCUT2D eigenvalue weighted by atomic mass is 9.91. The predicted octanol–water partition coefficient (Wildman–Crippen LogP) is 3.79. The maximum absolute atomic E-state index is 13.3. The van der Waals surface area contributed by atoms with Crippen molar-refractivity contribution in [1.29, 1.82) is 0 Å². The van der Waals surface area contributed by atoms with Crippen LogP contribution >= 0.6 is 0 Å². The monoisotopic (exact) mass is 362 g/mol. The van der Waals surface area contributed by atoms with E-state index in [1.807, 2.05) is 0 Å². The molecule has 0 radical (unpaired) electrons. The Morgan fingerprint density at radius 2 is 1.96 bits per heavy atom. The van der Waals surface area contributed by atoms with Crippen molar-refractivity contribution in [2.75, 3.05) is 11.9 Å². The lowest BCUT2D eigenvalue weighted by Crippen LogP contribution is -2.27. The molecule has 1 aromatic carbocycles. The van der Waals surface area contributed by atoms with Crippen LogP contribution in [-0.4, -0.2) is 29.9 Å². The van der Waals surface area contributed by atoms with Crippen molar-refractivity contribution in [3.8, 4) is 0 Å². The summed E-state index contributed by atoms with van der Waals surface area (Å²) in [6, 6.07) is 2.88. The molecule has 25 heavy (non-hydrogen) atoms. The Kier molecular flexibility index (Phi) is 7.22. The second-order valence-electron chi connectivity index (χ2n) is 5.42. The van der Waals surface area contributed by atoms with E-state index in [-0.39, 0.29) is 24.3 Å². The highest BCUT2D eigenvalue weighted by molar-refractivity contribution is 5.89. The normalized spacial score (nSPS) is 14.0. The predicted molar refractivity (Wildman–Crippen MR) is 85.4 cm³/mol. The van der Waals surface area contributed by atoms with E-state index in [2.05, 4.69) is 5.32 Å². The fourth-order valence-electron chi connectivity index (χ4n) is 2.53. The van der Waals surface area contributed by atoms with E-state index in [1.54, 1.807) is 6.92 Å². The summed E-state index contributed by atoms with van der Waals surface area (Å²) >= 11 is 0. The third kappa shape index (κ3) is 5.93. The molecule has 2 amide bonds. The molecule has 0 aromatic heterocycles. The zero-order valence-electron chi connectivity index (χ0n) is 13.9. The number of hydrogen-bond acceptors (Lipinski definition) is 3. The summed E-state index contributed by atoms with van der Waals surface area (Å²) in [5, 5.41) is 11.1. The molecule has 140 valence electrons. The van der Waals surface area contributed by atoms with Crippen LogP contribution in [0.5, 0.6) is 0 Å². The van der Waals surface area contributed by atoms with Gasteiger partial charge in [0.25, 0.3) is 0 Å². The van der Waals surface area contributed by atoms with Crippen molar-refractivity contribution in [3.05, 3.63) is 29.3 Å². The van der Waals surface area contributed by atoms with Crippen molar-refractivity contribution in [3.63, 3.8) is 0 Å². The van der Waals surface area contributed by atoms with Crippen LogP contribution < -0.4 is 11.1 Å². The number of carbonyl (C=O) groups excluding carboxylic acids is 1. The smallest absolute Gasteiger partial charge is 0.418 e. The van der Waals surface area contributed by atoms with Crippen molar-refractivity contribution < 1.29 is 32.6 Å². The van der Waals surface area contributed by atoms with Crippen LogP contribution in [0.2, 0.25) is 0 Å². The number of rotatable bonds is 8. The fourth-order valence-corrected chi connectivity index (χ4v) is 2.53. The Hall–Kier alpha value is -2.29. The molecule has 0 aliphatic rings. The van der Waals surface area contributed by atoms with Gasteiger partial charge in [-0.3, -0.25) is 4.79 Å². The standard InChI is InChI=1S/C16H21F3N2O4/c1-3-9(8-13(22)23)10-5-6-11(12(7-10)21-15(20)24)14(25-4-2)16(17,18)19/h5-7,9,14H,3-4,8H2,1-2H3,(H,22,23)(H3,20,21,24)/t9-,14+/m0/s1. The molecule has 6 nitrogen and oxygen atoms in total. The van der Waals surface area contributed by atoms with E-state index in [0.717, 1.165) is 0 Å². The van der Waals surface area contributed by atoms with Crippen LogP contribution in [-0.2, 0) is 9.53 Å². The van der Waals surface area contributed by atoms with Gasteiger partial charge in [-0.25, -0.2) is 4.79 Å². The summed E-state index contributed by atoms with van der Waals surface area (Å²) in [6.45, 7) is 3.01. The van der Waals surface area contributed by atoms with E-state index >= 15 is 0 Å². The van der Waals surface area contributed by atoms with Gasteiger partial charge in [-0.2, -0.15) is 13.2 Å². The van der Waals surface area contributed by atoms with Gasteiger partial charge < -0.3 is 20.9 Å². The summed E-state index contributed by atoms with van der Waals surface area (Å²) in [7, 11) is 0. The van der Waals surface area contributed by atoms with Gasteiger partial charge in [0.1, 0.15) is 0 Å². The largest absolute Gasteiger partial charge is 0.481 e. The molecule has 0 aliphatic carbocycles. The number of alkyl halides is 3. The first-order valence-corrected chi connectivity index (χ1v) is 7.70. The van der Waals surface area contributed by atoms with Crippen molar-refractivity contribution in [2.24, 2.45) is 5.73 Å². The zero-order valence-corrected chi connectivity index (χ0v) is 13.9. The summed E-state index contributed by atoms with van der Waals surface area (Å²) in [5.74, 6) is -1.43. The zero-order chi connectivity index (χ0) is 19.2. The molecular weight excluding hydrogens is 341 g/mol. The Morgan fingerprint density at radius 1 is 1.32 bits per heavy atom. The number of anilines is 1. The van der Waals surface area contributed by atoms with Gasteiger partial charge in [-0.05, 0) is 30.9 Å². The number of hydrogen-bond donors (Lipinski definition) is 3. The number of aliphatic carboxylic acids is 1. The average Bonchev–Trinajstić information content (AvgIpc) is 2.49. The topological polar surface area (TPSA) is 102 Å². The van der Waals surface area contributed by atoms with Gasteiger partial charge in [0.2, 0.25) is 0 Å². The van der Waals surface area contributed by atoms with Crippen LogP contribution in [0.1, 0.15) is 49.8 Å². The van der Waals surface area contributed by atoms with Crippen LogP contribution in [0.3, 0.4) is 0 Å². The quantitative estimate of drug-likeness (QED) is 0.655. The van der Waals surface area contributed by atoms with Crippen molar-refractivity contribution in [2.45, 2.75) is 44.9 Å². The molecule has 0 heterocycles. The number of ether oxygens (including phenoxy) is 1. The average molecular weight is 362 g/mol. The third-order valence-electron chi connectivity index (χ3n) is 3.63. The van der Waals surface area contributed by atoms with Gasteiger partial charge in [-0.1, -0.05) is 19.1 Å². The summed E-state index contributed by atoms with van der Waals surface area (Å²) in [5.41, 5.74) is 5.11. The van der Waals surface area contributed by atoms with Crippen molar-refractivity contribution >= 4 is 17.7 Å². The minimum Gasteiger partial charge on any atom is -0.481 e. The van der Waals surface area contributed by atoms with Crippen LogP contribution in [0.25, 0.3) is 0 Å². The molecule has 1 aromatic rings. The van der Waals surface area contributed by atoms with Crippen molar-refractivity contribution in [1.82, 2.24) is 0 Å². The Bertz CT molecular complexity index is 620. The molecule has 9 heteroatoms. The number of carbonyl (C=O) groups is 2. The Labute approximate surface area is 143 Å². The number of primary amides is 1. The van der Waals surface area contributed by atoms with Crippen LogP contribution in [0.4, 0.5) is 23.7 Å². The fraction of sp³-hybridized carbons (Fsp3) is 0.500. The lowest BCUT2D eigenvalue weighted by molar-refractivity contribution is -0.222. The van der Waals surface area contributed by atoms with Gasteiger partial charge >= 0.3 is 18.2 Å². The summed E-state index contributed by atoms with van der Waals surface area (Å²) in [6.07, 6.45) is -6.62. The highest BCUT2D eigenvalue weighted by Crippen LogP contribution is 2.40. The second kappa shape index (κ2) is 8.70. The molecule has 2 atom stereocenters. The van der Waals surface area contributed by atoms with E-state index in [4.69, 9.17) is 15.6 Å². The molecule has 1 rings (SSSR count). The SMILES string of the molecule is CCO[C@H](c1ccc([C@@H](CC)CC(=O)O)cc1NC(N)=O)C(F)(F)F. The van der Waals surface area contributed by atoms with E-state index in [9.17, 15) is 22.8 Å². The molecule has 0 spiro atoms. The number of benzene rings is 1. The maximum atomic E-state index is 13.3. The molecule has 4 N–H and O–H groups in total. The Balaban J connectivity index is 3.38. The van der Waals surface area contributed by atoms with E-state index < -0.39 is 30.2 Å².